The number of hydrogen-bond acceptors (Lipinski definition) is 1. The highest BCUT2D eigenvalue weighted by molar-refractivity contribution is 7.08. The average Bonchev–Trinajstić information content (AvgIpc) is 2.75. The van der Waals surface area contributed by atoms with Crippen molar-refractivity contribution >= 4 is 34.5 Å². The van der Waals surface area contributed by atoms with Gasteiger partial charge in [0.1, 0.15) is 0 Å². The molecule has 0 aliphatic rings. The molecule has 0 nitrogen and oxygen atoms in total. The normalized spacial score (nSPS) is 12.8. The van der Waals surface area contributed by atoms with Crippen LogP contribution in [0.2, 0.25) is 5.02 Å². The molecule has 2 aromatic rings. The van der Waals surface area contributed by atoms with Gasteiger partial charge in [-0.2, -0.15) is 11.3 Å². The standard InChI is InChI=1S/C11H6Cl2F2S/c12-8-4-10(15)9(14)3-7(8)11(13)6-1-2-16-5-6/h1-5,11H. The fourth-order valence-electron chi connectivity index (χ4n) is 1.33. The number of halogens is 4. The molecule has 0 saturated heterocycles. The lowest BCUT2D eigenvalue weighted by molar-refractivity contribution is 0.507. The maximum Gasteiger partial charge on any atom is 0.160 e. The summed E-state index contributed by atoms with van der Waals surface area (Å²) in [6.45, 7) is 0. The first-order valence-electron chi connectivity index (χ1n) is 4.40. The van der Waals surface area contributed by atoms with Gasteiger partial charge < -0.3 is 0 Å². The van der Waals surface area contributed by atoms with Crippen molar-refractivity contribution in [1.29, 1.82) is 0 Å². The molecule has 1 unspecified atom stereocenters. The van der Waals surface area contributed by atoms with E-state index in [4.69, 9.17) is 23.2 Å². The van der Waals surface area contributed by atoms with Gasteiger partial charge in [0.2, 0.25) is 0 Å². The lowest BCUT2D eigenvalue weighted by Gasteiger charge is -2.10. The number of thiophene rings is 1. The van der Waals surface area contributed by atoms with Gasteiger partial charge in [-0.3, -0.25) is 0 Å². The van der Waals surface area contributed by atoms with Crippen LogP contribution in [0.3, 0.4) is 0 Å². The second kappa shape index (κ2) is 4.70. The minimum atomic E-state index is -0.970. The van der Waals surface area contributed by atoms with Crippen molar-refractivity contribution in [3.8, 4) is 0 Å². The minimum Gasteiger partial charge on any atom is -0.204 e. The molecule has 0 fully saturated rings. The summed E-state index contributed by atoms with van der Waals surface area (Å²) in [4.78, 5) is 0. The minimum absolute atomic E-state index is 0.130. The first-order valence-corrected chi connectivity index (χ1v) is 6.16. The Balaban J connectivity index is 2.44. The molecule has 0 aliphatic carbocycles. The molecule has 16 heavy (non-hydrogen) atoms. The van der Waals surface area contributed by atoms with Crippen LogP contribution < -0.4 is 0 Å². The van der Waals surface area contributed by atoms with E-state index in [2.05, 4.69) is 0 Å². The van der Waals surface area contributed by atoms with Crippen molar-refractivity contribution in [1.82, 2.24) is 0 Å². The Labute approximate surface area is 105 Å². The zero-order chi connectivity index (χ0) is 11.7. The Bertz CT molecular complexity index is 497. The highest BCUT2D eigenvalue weighted by Crippen LogP contribution is 2.35. The van der Waals surface area contributed by atoms with Gasteiger partial charge in [-0.25, -0.2) is 8.78 Å². The van der Waals surface area contributed by atoms with Gasteiger partial charge in [-0.15, -0.1) is 11.6 Å². The first kappa shape index (κ1) is 11.8. The summed E-state index contributed by atoms with van der Waals surface area (Å²) in [7, 11) is 0. The van der Waals surface area contributed by atoms with Gasteiger partial charge in [0, 0.05) is 5.02 Å². The molecule has 0 amide bonds. The van der Waals surface area contributed by atoms with E-state index in [9.17, 15) is 8.78 Å². The van der Waals surface area contributed by atoms with Crippen LogP contribution in [0.5, 0.6) is 0 Å². The summed E-state index contributed by atoms with van der Waals surface area (Å²) in [6, 6.07) is 3.79. The molecule has 0 spiro atoms. The number of hydrogen-bond donors (Lipinski definition) is 0. The van der Waals surface area contributed by atoms with Gasteiger partial charge >= 0.3 is 0 Å². The van der Waals surface area contributed by atoms with Crippen LogP contribution in [0, 0.1) is 11.6 Å². The fourth-order valence-corrected chi connectivity index (χ4v) is 2.72. The van der Waals surface area contributed by atoms with E-state index < -0.39 is 17.0 Å². The molecule has 0 N–H and O–H groups in total. The molecule has 84 valence electrons. The number of rotatable bonds is 2. The summed E-state index contributed by atoms with van der Waals surface area (Å²) >= 11 is 13.4. The molecule has 0 bridgehead atoms. The van der Waals surface area contributed by atoms with Crippen LogP contribution in [0.4, 0.5) is 8.78 Å². The Hall–Kier alpha value is -0.640. The zero-order valence-corrected chi connectivity index (χ0v) is 10.2. The average molecular weight is 279 g/mol. The van der Waals surface area contributed by atoms with Crippen LogP contribution >= 0.6 is 34.5 Å². The molecule has 5 heteroatoms. The highest BCUT2D eigenvalue weighted by Gasteiger charge is 2.17. The van der Waals surface area contributed by atoms with Crippen molar-refractivity contribution in [3.63, 3.8) is 0 Å². The molecular weight excluding hydrogens is 273 g/mol. The molecule has 1 atom stereocenters. The smallest absolute Gasteiger partial charge is 0.160 e. The first-order chi connectivity index (χ1) is 7.59. The van der Waals surface area contributed by atoms with Crippen LogP contribution in [-0.2, 0) is 0 Å². The number of benzene rings is 1. The summed E-state index contributed by atoms with van der Waals surface area (Å²) in [5, 5.41) is 3.27. The molecule has 1 aromatic carbocycles. The lowest BCUT2D eigenvalue weighted by atomic mass is 10.1. The molecule has 1 aromatic heterocycles. The SMILES string of the molecule is Fc1cc(Cl)c(C(Cl)c2ccsc2)cc1F. The van der Waals surface area contributed by atoms with Crippen molar-refractivity contribution in [2.75, 3.05) is 0 Å². The zero-order valence-electron chi connectivity index (χ0n) is 7.88. The van der Waals surface area contributed by atoms with E-state index in [1.807, 2.05) is 16.8 Å². The highest BCUT2D eigenvalue weighted by atomic mass is 35.5. The van der Waals surface area contributed by atoms with Crippen LogP contribution in [-0.4, -0.2) is 0 Å². The number of alkyl halides is 1. The predicted molar refractivity (Wildman–Crippen MR) is 63.4 cm³/mol. The van der Waals surface area contributed by atoms with Gasteiger partial charge in [0.15, 0.2) is 11.6 Å². The predicted octanol–water partition coefficient (Wildman–Crippen LogP) is 5.01. The fraction of sp³-hybridized carbons (Fsp3) is 0.0909. The van der Waals surface area contributed by atoms with Crippen LogP contribution in [0.1, 0.15) is 16.5 Å². The monoisotopic (exact) mass is 278 g/mol. The maximum atomic E-state index is 13.1. The van der Waals surface area contributed by atoms with E-state index in [-0.39, 0.29) is 5.02 Å². The van der Waals surface area contributed by atoms with E-state index >= 15 is 0 Å². The van der Waals surface area contributed by atoms with Crippen LogP contribution in [0.15, 0.2) is 29.0 Å². The van der Waals surface area contributed by atoms with Gasteiger partial charge in [-0.05, 0) is 40.1 Å². The van der Waals surface area contributed by atoms with Gasteiger partial charge in [0.25, 0.3) is 0 Å². The second-order valence-corrected chi connectivity index (χ2v) is 4.83. The van der Waals surface area contributed by atoms with Crippen molar-refractivity contribution in [3.05, 3.63) is 56.7 Å². The molecule has 0 saturated carbocycles. The van der Waals surface area contributed by atoms with Crippen molar-refractivity contribution < 1.29 is 8.78 Å². The molecular formula is C11H6Cl2F2S. The summed E-state index contributed by atoms with van der Waals surface area (Å²) in [6.07, 6.45) is 0. The van der Waals surface area contributed by atoms with Gasteiger partial charge in [-0.1, -0.05) is 11.6 Å². The lowest BCUT2D eigenvalue weighted by Crippen LogP contribution is -1.96. The molecule has 0 radical (unpaired) electrons. The van der Waals surface area contributed by atoms with Crippen LogP contribution in [0.25, 0.3) is 0 Å². The summed E-state index contributed by atoms with van der Waals surface area (Å²) < 4.78 is 25.9. The summed E-state index contributed by atoms with van der Waals surface area (Å²) in [5.74, 6) is -1.91. The Kier molecular flexibility index (Phi) is 3.47. The van der Waals surface area contributed by atoms with Gasteiger partial charge in [0.05, 0.1) is 5.38 Å². The maximum absolute atomic E-state index is 13.1. The van der Waals surface area contributed by atoms with Crippen molar-refractivity contribution in [2.45, 2.75) is 5.38 Å². The third-order valence-corrected chi connectivity index (χ3v) is 3.66. The second-order valence-electron chi connectivity index (χ2n) is 3.21. The summed E-state index contributed by atoms with van der Waals surface area (Å²) in [5.41, 5.74) is 1.19. The Morgan fingerprint density at radius 3 is 2.50 bits per heavy atom. The quantitative estimate of drug-likeness (QED) is 0.535. The topological polar surface area (TPSA) is 0 Å². The third-order valence-electron chi connectivity index (χ3n) is 2.15. The Morgan fingerprint density at radius 1 is 1.19 bits per heavy atom. The Morgan fingerprint density at radius 2 is 1.88 bits per heavy atom. The molecule has 2 rings (SSSR count). The van der Waals surface area contributed by atoms with Crippen molar-refractivity contribution in [2.24, 2.45) is 0 Å². The van der Waals surface area contributed by atoms with E-state index in [1.165, 1.54) is 11.3 Å². The van der Waals surface area contributed by atoms with E-state index in [0.717, 1.165) is 17.7 Å². The molecule has 0 aliphatic heterocycles. The van der Waals surface area contributed by atoms with E-state index in [0.29, 0.717) is 5.56 Å². The van der Waals surface area contributed by atoms with E-state index in [1.54, 1.807) is 0 Å². The molecule has 1 heterocycles. The largest absolute Gasteiger partial charge is 0.204 e. The third kappa shape index (κ3) is 2.21.